The van der Waals surface area contributed by atoms with Crippen LogP contribution < -0.4 is 5.43 Å². The van der Waals surface area contributed by atoms with Gasteiger partial charge >= 0.3 is 0 Å². The third-order valence-electron chi connectivity index (χ3n) is 4.64. The normalized spacial score (nSPS) is 11.3. The van der Waals surface area contributed by atoms with Crippen LogP contribution in [0.1, 0.15) is 17.0 Å². The number of fused-ring (bicyclic) bond motifs is 1. The maximum absolute atomic E-state index is 13.0. The number of hydrogen-bond donors (Lipinski definition) is 1. The van der Waals surface area contributed by atoms with Gasteiger partial charge < -0.3 is 4.57 Å². The Morgan fingerprint density at radius 1 is 1.03 bits per heavy atom. The topological polar surface area (TPSA) is 59.3 Å². The van der Waals surface area contributed by atoms with E-state index in [0.29, 0.717) is 12.0 Å². The van der Waals surface area contributed by atoms with Gasteiger partial charge in [0.25, 0.3) is 5.91 Å². The van der Waals surface area contributed by atoms with Crippen LogP contribution in [-0.2, 0) is 17.8 Å². The number of carbonyl (C=O) groups excluding carboxylic acids is 1. The summed E-state index contributed by atoms with van der Waals surface area (Å²) in [5.74, 6) is 0.181. The van der Waals surface area contributed by atoms with Crippen LogP contribution in [0.2, 0.25) is 0 Å². The van der Waals surface area contributed by atoms with Crippen LogP contribution >= 0.6 is 31.9 Å². The van der Waals surface area contributed by atoms with E-state index >= 15 is 0 Å². The van der Waals surface area contributed by atoms with Crippen LogP contribution in [-0.4, -0.2) is 21.7 Å². The van der Waals surface area contributed by atoms with Gasteiger partial charge in [0.05, 0.1) is 17.2 Å². The quantitative estimate of drug-likeness (QED) is 0.260. The Bertz CT molecular complexity index is 1250. The van der Waals surface area contributed by atoms with Gasteiger partial charge in [0.2, 0.25) is 0 Å². The van der Waals surface area contributed by atoms with E-state index in [2.05, 4.69) is 42.4 Å². The van der Waals surface area contributed by atoms with Gasteiger partial charge in [-0.15, -0.1) is 0 Å². The molecule has 0 unspecified atom stereocenters. The molecule has 0 fully saturated rings. The van der Waals surface area contributed by atoms with E-state index < -0.39 is 0 Å². The second-order valence-corrected chi connectivity index (χ2v) is 8.73. The van der Waals surface area contributed by atoms with Crippen LogP contribution in [0.3, 0.4) is 0 Å². The number of rotatable bonds is 6. The molecule has 1 N–H and O–H groups in total. The predicted molar refractivity (Wildman–Crippen MR) is 127 cm³/mol. The second-order valence-electron chi connectivity index (χ2n) is 6.90. The molecule has 156 valence electrons. The summed E-state index contributed by atoms with van der Waals surface area (Å²) in [5, 5.41) is 3.98. The van der Waals surface area contributed by atoms with Crippen molar-refractivity contribution in [3.8, 4) is 0 Å². The molecule has 0 radical (unpaired) electrons. The molecule has 5 nitrogen and oxygen atoms in total. The lowest BCUT2D eigenvalue weighted by molar-refractivity contribution is -0.121. The number of aromatic nitrogens is 2. The summed E-state index contributed by atoms with van der Waals surface area (Å²) in [6, 6.07) is 19.7. The molecule has 0 aliphatic rings. The number of benzene rings is 3. The predicted octanol–water partition coefficient (Wildman–Crippen LogP) is 5.44. The van der Waals surface area contributed by atoms with Gasteiger partial charge in [0.1, 0.15) is 18.2 Å². The molecule has 1 aromatic heterocycles. The number of nitrogens with zero attached hydrogens (tertiary/aromatic N) is 3. The first-order chi connectivity index (χ1) is 15.0. The smallest absolute Gasteiger partial charge is 0.260 e. The van der Waals surface area contributed by atoms with Crippen LogP contribution in [0.15, 0.2) is 80.8 Å². The second kappa shape index (κ2) is 9.53. The van der Waals surface area contributed by atoms with E-state index in [-0.39, 0.29) is 18.3 Å². The van der Waals surface area contributed by atoms with E-state index in [1.807, 2.05) is 47.0 Å². The highest BCUT2D eigenvalue weighted by Crippen LogP contribution is 2.23. The van der Waals surface area contributed by atoms with Crippen molar-refractivity contribution in [3.63, 3.8) is 0 Å². The molecule has 1 amide bonds. The lowest BCUT2D eigenvalue weighted by Gasteiger charge is -2.09. The fraction of sp³-hybridized carbons (Fsp3) is 0.0870. The fourth-order valence-corrected chi connectivity index (χ4v) is 3.76. The molecule has 0 aliphatic heterocycles. The van der Waals surface area contributed by atoms with Crippen molar-refractivity contribution >= 4 is 55.0 Å². The molecule has 8 heteroatoms. The highest BCUT2D eigenvalue weighted by atomic mass is 79.9. The Hall–Kier alpha value is -2.84. The van der Waals surface area contributed by atoms with E-state index in [1.165, 1.54) is 18.3 Å². The summed E-state index contributed by atoms with van der Waals surface area (Å²) in [5.41, 5.74) is 5.99. The zero-order valence-corrected chi connectivity index (χ0v) is 19.4. The Kier molecular flexibility index (Phi) is 6.58. The number of nitrogens with one attached hydrogen (secondary N) is 1. The van der Waals surface area contributed by atoms with Crippen molar-refractivity contribution in [3.05, 3.63) is 98.4 Å². The average Bonchev–Trinajstić information content (AvgIpc) is 3.07. The molecule has 4 aromatic rings. The van der Waals surface area contributed by atoms with Gasteiger partial charge in [-0.3, -0.25) is 4.79 Å². The molecule has 0 spiro atoms. The first-order valence-electron chi connectivity index (χ1n) is 9.44. The summed E-state index contributed by atoms with van der Waals surface area (Å²) in [7, 11) is 0. The first-order valence-corrected chi connectivity index (χ1v) is 11.0. The first kappa shape index (κ1) is 21.4. The molecule has 1 heterocycles. The highest BCUT2D eigenvalue weighted by molar-refractivity contribution is 9.10. The molecule has 31 heavy (non-hydrogen) atoms. The summed E-state index contributed by atoms with van der Waals surface area (Å²) in [6.45, 7) is 0.0690. The third kappa shape index (κ3) is 5.45. The highest BCUT2D eigenvalue weighted by Gasteiger charge is 2.14. The van der Waals surface area contributed by atoms with Crippen molar-refractivity contribution in [2.75, 3.05) is 0 Å². The minimum absolute atomic E-state index is 0.0690. The number of carbonyl (C=O) groups is 1. The summed E-state index contributed by atoms with van der Waals surface area (Å²) in [6.07, 6.45) is 2.06. The van der Waals surface area contributed by atoms with Crippen LogP contribution in [0.5, 0.6) is 0 Å². The molecule has 0 atom stereocenters. The van der Waals surface area contributed by atoms with Crippen molar-refractivity contribution in [1.82, 2.24) is 15.0 Å². The van der Waals surface area contributed by atoms with Crippen molar-refractivity contribution in [2.45, 2.75) is 13.0 Å². The summed E-state index contributed by atoms with van der Waals surface area (Å²) >= 11 is 6.94. The zero-order valence-electron chi connectivity index (χ0n) is 16.2. The fourth-order valence-electron chi connectivity index (χ4n) is 3.15. The maximum Gasteiger partial charge on any atom is 0.260 e. The molecular weight excluding hydrogens is 527 g/mol. The average molecular weight is 544 g/mol. The Morgan fingerprint density at radius 3 is 2.48 bits per heavy atom. The van der Waals surface area contributed by atoms with E-state index in [4.69, 9.17) is 4.98 Å². The van der Waals surface area contributed by atoms with Gasteiger partial charge in [-0.05, 0) is 53.6 Å². The molecule has 4 rings (SSSR count). The summed E-state index contributed by atoms with van der Waals surface area (Å²) in [4.78, 5) is 17.3. The van der Waals surface area contributed by atoms with Crippen molar-refractivity contribution in [2.24, 2.45) is 5.10 Å². The van der Waals surface area contributed by atoms with Gasteiger partial charge in [0, 0.05) is 15.4 Å². The SMILES string of the molecule is O=C(Cn1c(Cc2ccc(Br)cc2)nc2ccc(Br)cc21)N/N=C/c1ccc(F)cc1. The van der Waals surface area contributed by atoms with Crippen LogP contribution in [0, 0.1) is 5.82 Å². The minimum Gasteiger partial charge on any atom is -0.318 e. The summed E-state index contributed by atoms with van der Waals surface area (Å²) < 4.78 is 16.8. The largest absolute Gasteiger partial charge is 0.318 e. The molecular formula is C23H17Br2FN4O. The van der Waals surface area contributed by atoms with E-state index in [1.54, 1.807) is 12.1 Å². The van der Waals surface area contributed by atoms with Crippen LogP contribution in [0.25, 0.3) is 11.0 Å². The van der Waals surface area contributed by atoms with Crippen molar-refractivity contribution in [1.29, 1.82) is 0 Å². The molecule has 0 saturated heterocycles. The zero-order chi connectivity index (χ0) is 21.8. The van der Waals surface area contributed by atoms with E-state index in [9.17, 15) is 9.18 Å². The lowest BCUT2D eigenvalue weighted by Crippen LogP contribution is -2.24. The van der Waals surface area contributed by atoms with Gasteiger partial charge in [0.15, 0.2) is 0 Å². The van der Waals surface area contributed by atoms with Crippen LogP contribution in [0.4, 0.5) is 4.39 Å². The minimum atomic E-state index is -0.322. The standard InChI is InChI=1S/C23H17Br2FN4O/c24-17-5-1-15(2-6-17)11-22-28-20-10-7-18(25)12-21(20)30(22)14-23(31)29-27-13-16-3-8-19(26)9-4-16/h1-10,12-13H,11,14H2,(H,29,31)/b27-13+. The molecule has 0 saturated carbocycles. The van der Waals surface area contributed by atoms with Gasteiger partial charge in [-0.25, -0.2) is 14.8 Å². The lowest BCUT2D eigenvalue weighted by atomic mass is 10.1. The molecule has 0 bridgehead atoms. The van der Waals surface area contributed by atoms with E-state index in [0.717, 1.165) is 31.4 Å². The number of amides is 1. The number of imidazole rings is 1. The number of hydrogen-bond acceptors (Lipinski definition) is 3. The number of hydrazone groups is 1. The molecule has 3 aromatic carbocycles. The monoisotopic (exact) mass is 542 g/mol. The Labute approximate surface area is 195 Å². The number of halogens is 3. The van der Waals surface area contributed by atoms with Gasteiger partial charge in [-0.2, -0.15) is 5.10 Å². The molecule has 0 aliphatic carbocycles. The maximum atomic E-state index is 13.0. The van der Waals surface area contributed by atoms with Gasteiger partial charge in [-0.1, -0.05) is 56.1 Å². The Balaban J connectivity index is 1.55. The third-order valence-corrected chi connectivity index (χ3v) is 5.66. The van der Waals surface area contributed by atoms with Crippen molar-refractivity contribution < 1.29 is 9.18 Å². The Morgan fingerprint density at radius 2 is 1.74 bits per heavy atom.